The molecule has 0 aliphatic carbocycles. The van der Waals surface area contributed by atoms with E-state index in [0.717, 1.165) is 6.07 Å². The minimum atomic E-state index is -0.577. The average Bonchev–Trinajstić information content (AvgIpc) is 2.43. The number of carbonyl (C=O) groups excluding carboxylic acids is 1. The van der Waals surface area contributed by atoms with Crippen molar-refractivity contribution in [2.24, 2.45) is 0 Å². The van der Waals surface area contributed by atoms with Crippen molar-refractivity contribution in [1.82, 2.24) is 4.98 Å². The number of amides is 1. The number of pyridine rings is 1. The number of anilines is 1. The van der Waals surface area contributed by atoms with Crippen molar-refractivity contribution < 1.29 is 9.72 Å². The Morgan fingerprint density at radius 2 is 2.05 bits per heavy atom. The Labute approximate surface area is 137 Å². The number of non-ortho nitro benzene ring substituents is 1. The second-order valence-electron chi connectivity index (χ2n) is 3.87. The molecule has 1 amide bonds. The van der Waals surface area contributed by atoms with Gasteiger partial charge in [0.2, 0.25) is 0 Å². The van der Waals surface area contributed by atoms with Gasteiger partial charge in [0.25, 0.3) is 11.6 Å². The topological polar surface area (TPSA) is 85.1 Å². The van der Waals surface area contributed by atoms with Crippen LogP contribution in [0.25, 0.3) is 0 Å². The molecule has 2 rings (SSSR count). The summed E-state index contributed by atoms with van der Waals surface area (Å²) in [7, 11) is 0. The van der Waals surface area contributed by atoms with Crippen molar-refractivity contribution >= 4 is 56.4 Å². The number of aromatic nitrogens is 1. The van der Waals surface area contributed by atoms with Crippen LogP contribution in [-0.4, -0.2) is 15.8 Å². The average molecular weight is 391 g/mol. The fraction of sp³-hybridized carbons (Fsp3) is 0. The predicted molar refractivity (Wildman–Crippen MR) is 83.0 cm³/mol. The summed E-state index contributed by atoms with van der Waals surface area (Å²) in [6.45, 7) is 0. The quantitative estimate of drug-likeness (QED) is 0.480. The summed E-state index contributed by atoms with van der Waals surface area (Å²) in [6.07, 6.45) is 1.46. The van der Waals surface area contributed by atoms with E-state index >= 15 is 0 Å². The number of rotatable bonds is 3. The molecule has 108 valence electrons. The van der Waals surface area contributed by atoms with Crippen molar-refractivity contribution in [1.29, 1.82) is 0 Å². The highest BCUT2D eigenvalue weighted by atomic mass is 79.9. The molecule has 0 saturated carbocycles. The molecule has 6 nitrogen and oxygen atoms in total. The zero-order chi connectivity index (χ0) is 15.6. The number of nitro groups is 1. The third kappa shape index (κ3) is 3.69. The lowest BCUT2D eigenvalue weighted by atomic mass is 10.2. The van der Waals surface area contributed by atoms with Gasteiger partial charge >= 0.3 is 0 Å². The predicted octanol–water partition coefficient (Wildman–Crippen LogP) is 4.31. The summed E-state index contributed by atoms with van der Waals surface area (Å²) in [4.78, 5) is 26.0. The van der Waals surface area contributed by atoms with Gasteiger partial charge in [0.05, 0.1) is 21.2 Å². The van der Waals surface area contributed by atoms with Crippen LogP contribution in [0.5, 0.6) is 0 Å². The van der Waals surface area contributed by atoms with Crippen molar-refractivity contribution in [3.8, 4) is 0 Å². The molecule has 2 aromatic rings. The van der Waals surface area contributed by atoms with Crippen LogP contribution < -0.4 is 5.32 Å². The Hall–Kier alpha value is -1.70. The molecular weight excluding hydrogens is 385 g/mol. The van der Waals surface area contributed by atoms with Gasteiger partial charge in [-0.3, -0.25) is 14.9 Å². The number of carbonyl (C=O) groups is 1. The summed E-state index contributed by atoms with van der Waals surface area (Å²) in [5.41, 5.74) is 0.226. The third-order valence-corrected chi connectivity index (χ3v) is 3.51. The number of benzene rings is 1. The van der Waals surface area contributed by atoms with Crippen LogP contribution in [0.4, 0.5) is 11.4 Å². The first-order chi connectivity index (χ1) is 9.88. The second-order valence-corrected chi connectivity index (χ2v) is 5.55. The first kappa shape index (κ1) is 15.7. The van der Waals surface area contributed by atoms with Crippen molar-refractivity contribution in [2.45, 2.75) is 0 Å². The number of hydrogen-bond acceptors (Lipinski definition) is 4. The molecule has 0 radical (unpaired) electrons. The maximum atomic E-state index is 12.1. The van der Waals surface area contributed by atoms with E-state index in [-0.39, 0.29) is 27.1 Å². The van der Waals surface area contributed by atoms with Gasteiger partial charge in [-0.15, -0.1) is 0 Å². The van der Waals surface area contributed by atoms with Crippen LogP contribution in [0.2, 0.25) is 10.2 Å². The molecule has 0 aliphatic rings. The van der Waals surface area contributed by atoms with Crippen LogP contribution in [0.3, 0.4) is 0 Å². The first-order valence-corrected chi connectivity index (χ1v) is 6.99. The molecule has 1 N–H and O–H groups in total. The van der Waals surface area contributed by atoms with Gasteiger partial charge in [-0.1, -0.05) is 23.2 Å². The number of nitrogens with zero attached hydrogens (tertiary/aromatic N) is 2. The zero-order valence-corrected chi connectivity index (χ0v) is 13.2. The highest BCUT2D eigenvalue weighted by Crippen LogP contribution is 2.28. The Morgan fingerprint density at radius 1 is 1.33 bits per heavy atom. The van der Waals surface area contributed by atoms with E-state index in [1.165, 1.54) is 24.4 Å². The minimum Gasteiger partial charge on any atom is -0.321 e. The number of hydrogen-bond donors (Lipinski definition) is 1. The van der Waals surface area contributed by atoms with Crippen LogP contribution in [0.1, 0.15) is 10.4 Å². The molecule has 0 saturated heterocycles. The van der Waals surface area contributed by atoms with Gasteiger partial charge in [0.15, 0.2) is 0 Å². The standard InChI is InChI=1S/C12H6BrCl2N3O3/c13-6-3-8(11(15)16-5-6)12(19)17-10-2-1-7(18(20)21)4-9(10)14/h1-5H,(H,17,19). The fourth-order valence-electron chi connectivity index (χ4n) is 1.49. The van der Waals surface area contributed by atoms with Crippen LogP contribution in [-0.2, 0) is 0 Å². The van der Waals surface area contributed by atoms with E-state index in [9.17, 15) is 14.9 Å². The Kier molecular flexibility index (Phi) is 4.76. The summed E-state index contributed by atoms with van der Waals surface area (Å²) >= 11 is 14.9. The van der Waals surface area contributed by atoms with Crippen molar-refractivity contribution in [3.63, 3.8) is 0 Å². The second kappa shape index (κ2) is 6.38. The lowest BCUT2D eigenvalue weighted by molar-refractivity contribution is -0.384. The van der Waals surface area contributed by atoms with Gasteiger partial charge in [0.1, 0.15) is 5.15 Å². The largest absolute Gasteiger partial charge is 0.321 e. The van der Waals surface area contributed by atoms with E-state index < -0.39 is 10.8 Å². The van der Waals surface area contributed by atoms with Crippen LogP contribution in [0.15, 0.2) is 34.9 Å². The zero-order valence-electron chi connectivity index (χ0n) is 10.1. The lowest BCUT2D eigenvalue weighted by Gasteiger charge is -2.08. The monoisotopic (exact) mass is 389 g/mol. The molecule has 0 fully saturated rings. The molecule has 0 spiro atoms. The molecule has 21 heavy (non-hydrogen) atoms. The normalized spacial score (nSPS) is 10.2. The van der Waals surface area contributed by atoms with E-state index in [4.69, 9.17) is 23.2 Å². The summed E-state index contributed by atoms with van der Waals surface area (Å²) in [6, 6.07) is 5.24. The molecule has 1 aromatic carbocycles. The SMILES string of the molecule is O=C(Nc1ccc([N+](=O)[O-])cc1Cl)c1cc(Br)cnc1Cl. The number of halogens is 3. The van der Waals surface area contributed by atoms with E-state index in [1.807, 2.05) is 0 Å². The van der Waals surface area contributed by atoms with Crippen LogP contribution >= 0.6 is 39.1 Å². The highest BCUT2D eigenvalue weighted by Gasteiger charge is 2.15. The van der Waals surface area contributed by atoms with E-state index in [1.54, 1.807) is 0 Å². The summed E-state index contributed by atoms with van der Waals surface area (Å²) < 4.78 is 0.590. The molecule has 0 aliphatic heterocycles. The summed E-state index contributed by atoms with van der Waals surface area (Å²) in [5.74, 6) is -0.524. The van der Waals surface area contributed by atoms with Gasteiger partial charge in [-0.2, -0.15) is 0 Å². The molecule has 0 atom stereocenters. The molecule has 1 heterocycles. The third-order valence-electron chi connectivity index (χ3n) is 2.46. The highest BCUT2D eigenvalue weighted by molar-refractivity contribution is 9.10. The van der Waals surface area contributed by atoms with Crippen molar-refractivity contribution in [3.05, 3.63) is 60.8 Å². The number of nitro benzene ring substituents is 1. The Bertz CT molecular complexity index is 740. The molecule has 9 heteroatoms. The molecule has 1 aromatic heterocycles. The van der Waals surface area contributed by atoms with Crippen molar-refractivity contribution in [2.75, 3.05) is 5.32 Å². The van der Waals surface area contributed by atoms with Gasteiger partial charge in [0, 0.05) is 22.8 Å². The van der Waals surface area contributed by atoms with E-state index in [0.29, 0.717) is 4.47 Å². The van der Waals surface area contributed by atoms with Gasteiger partial charge in [-0.25, -0.2) is 4.98 Å². The molecule has 0 bridgehead atoms. The van der Waals surface area contributed by atoms with Gasteiger partial charge in [-0.05, 0) is 28.1 Å². The Balaban J connectivity index is 2.27. The maximum Gasteiger partial charge on any atom is 0.271 e. The van der Waals surface area contributed by atoms with Gasteiger partial charge < -0.3 is 5.32 Å². The molecule has 0 unspecified atom stereocenters. The smallest absolute Gasteiger partial charge is 0.271 e. The maximum absolute atomic E-state index is 12.1. The Morgan fingerprint density at radius 3 is 2.67 bits per heavy atom. The summed E-state index contributed by atoms with van der Waals surface area (Å²) in [5, 5.41) is 13.2. The molecular formula is C12H6BrCl2N3O3. The van der Waals surface area contributed by atoms with E-state index in [2.05, 4.69) is 26.2 Å². The minimum absolute atomic E-state index is 0.0359. The fourth-order valence-corrected chi connectivity index (χ4v) is 2.23. The lowest BCUT2D eigenvalue weighted by Crippen LogP contribution is -2.13. The first-order valence-electron chi connectivity index (χ1n) is 5.45. The number of nitrogens with one attached hydrogen (secondary N) is 1. The van der Waals surface area contributed by atoms with Crippen LogP contribution in [0, 0.1) is 10.1 Å².